The molecule has 0 saturated heterocycles. The van der Waals surface area contributed by atoms with Gasteiger partial charge in [-0.05, 0) is 35.9 Å². The molecule has 0 saturated carbocycles. The first-order valence-electron chi connectivity index (χ1n) is 6.38. The first-order valence-corrected chi connectivity index (χ1v) is 6.38. The molecule has 0 bridgehead atoms. The third-order valence-corrected chi connectivity index (χ3v) is 3.02. The molecule has 2 nitrogen and oxygen atoms in total. The van der Waals surface area contributed by atoms with Crippen LogP contribution in [-0.2, 0) is 19.6 Å². The monoisotopic (exact) mass is 258 g/mol. The highest BCUT2D eigenvalue weighted by atomic mass is 19.1. The number of nitrogens with zero attached hydrogens (tertiary/aromatic N) is 1. The van der Waals surface area contributed by atoms with E-state index < -0.39 is 0 Å². The second-order valence-electron chi connectivity index (χ2n) is 4.83. The average Bonchev–Trinajstić information content (AvgIpc) is 2.38. The maximum atomic E-state index is 13.1. The van der Waals surface area contributed by atoms with E-state index in [2.05, 4.69) is 17.0 Å². The van der Waals surface area contributed by atoms with Crippen LogP contribution in [-0.4, -0.2) is 11.9 Å². The molecule has 0 heterocycles. The van der Waals surface area contributed by atoms with Crippen molar-refractivity contribution in [1.29, 1.82) is 0 Å². The van der Waals surface area contributed by atoms with Crippen LogP contribution >= 0.6 is 0 Å². The smallest absolute Gasteiger partial charge is 0.123 e. The van der Waals surface area contributed by atoms with Crippen LogP contribution < -0.4 is 5.73 Å². The lowest BCUT2D eigenvalue weighted by molar-refractivity contribution is 0.318. The Hall–Kier alpha value is -1.71. The van der Waals surface area contributed by atoms with Crippen LogP contribution in [0.25, 0.3) is 0 Å². The summed E-state index contributed by atoms with van der Waals surface area (Å²) >= 11 is 0. The Kier molecular flexibility index (Phi) is 4.66. The number of hydrogen-bond acceptors (Lipinski definition) is 2. The Morgan fingerprint density at radius 2 is 1.53 bits per heavy atom. The van der Waals surface area contributed by atoms with Crippen molar-refractivity contribution in [2.24, 2.45) is 5.73 Å². The highest BCUT2D eigenvalue weighted by Crippen LogP contribution is 2.11. The third kappa shape index (κ3) is 4.16. The molecule has 0 spiro atoms. The molecule has 2 aromatic carbocycles. The summed E-state index contributed by atoms with van der Waals surface area (Å²) in [5.41, 5.74) is 8.98. The van der Waals surface area contributed by atoms with Gasteiger partial charge in [-0.2, -0.15) is 0 Å². The molecule has 0 radical (unpaired) electrons. The summed E-state index contributed by atoms with van der Waals surface area (Å²) in [6.45, 7) is 2.11. The topological polar surface area (TPSA) is 29.3 Å². The quantitative estimate of drug-likeness (QED) is 0.893. The molecule has 2 N–H and O–H groups in total. The lowest BCUT2D eigenvalue weighted by atomic mass is 10.1. The second-order valence-corrected chi connectivity index (χ2v) is 4.83. The highest BCUT2D eigenvalue weighted by Gasteiger charge is 2.03. The van der Waals surface area contributed by atoms with Crippen LogP contribution in [0.5, 0.6) is 0 Å². The molecular weight excluding hydrogens is 239 g/mol. The molecule has 0 amide bonds. The maximum absolute atomic E-state index is 13.1. The molecule has 0 aliphatic rings. The molecule has 0 aliphatic carbocycles. The zero-order valence-corrected chi connectivity index (χ0v) is 11.1. The third-order valence-electron chi connectivity index (χ3n) is 3.02. The van der Waals surface area contributed by atoms with Crippen molar-refractivity contribution in [2.45, 2.75) is 19.6 Å². The summed E-state index contributed by atoms with van der Waals surface area (Å²) in [6.07, 6.45) is 0. The fourth-order valence-corrected chi connectivity index (χ4v) is 2.17. The SMILES string of the molecule is CN(Cc1cccc(F)c1)Cc1cccc(CN)c1. The van der Waals surface area contributed by atoms with Gasteiger partial charge in [0.2, 0.25) is 0 Å². The lowest BCUT2D eigenvalue weighted by Gasteiger charge is -2.17. The summed E-state index contributed by atoms with van der Waals surface area (Å²) in [6, 6.07) is 15.0. The van der Waals surface area contributed by atoms with Crippen molar-refractivity contribution >= 4 is 0 Å². The zero-order valence-electron chi connectivity index (χ0n) is 11.1. The van der Waals surface area contributed by atoms with E-state index in [-0.39, 0.29) is 5.82 Å². The van der Waals surface area contributed by atoms with Crippen molar-refractivity contribution in [3.8, 4) is 0 Å². The number of halogens is 1. The number of benzene rings is 2. The fraction of sp³-hybridized carbons (Fsp3) is 0.250. The van der Waals surface area contributed by atoms with E-state index in [0.717, 1.165) is 24.2 Å². The van der Waals surface area contributed by atoms with Crippen LogP contribution in [0.3, 0.4) is 0 Å². The van der Waals surface area contributed by atoms with E-state index in [1.807, 2.05) is 25.2 Å². The van der Waals surface area contributed by atoms with Crippen molar-refractivity contribution in [3.05, 3.63) is 71.0 Å². The van der Waals surface area contributed by atoms with Crippen LogP contribution in [0.1, 0.15) is 16.7 Å². The van der Waals surface area contributed by atoms with Gasteiger partial charge >= 0.3 is 0 Å². The molecule has 2 rings (SSSR count). The first kappa shape index (κ1) is 13.7. The van der Waals surface area contributed by atoms with E-state index in [0.29, 0.717) is 6.54 Å². The summed E-state index contributed by atoms with van der Waals surface area (Å²) in [4.78, 5) is 2.16. The second kappa shape index (κ2) is 6.45. The molecule has 19 heavy (non-hydrogen) atoms. The Morgan fingerprint density at radius 3 is 2.16 bits per heavy atom. The minimum absolute atomic E-state index is 0.184. The summed E-state index contributed by atoms with van der Waals surface area (Å²) in [7, 11) is 2.03. The Balaban J connectivity index is 1.98. The summed E-state index contributed by atoms with van der Waals surface area (Å²) < 4.78 is 13.1. The largest absolute Gasteiger partial charge is 0.326 e. The van der Waals surface area contributed by atoms with Crippen molar-refractivity contribution < 1.29 is 4.39 Å². The van der Waals surface area contributed by atoms with Gasteiger partial charge in [0.05, 0.1) is 0 Å². The molecular formula is C16H19FN2. The van der Waals surface area contributed by atoms with Crippen molar-refractivity contribution in [3.63, 3.8) is 0 Å². The van der Waals surface area contributed by atoms with E-state index in [1.165, 1.54) is 11.6 Å². The van der Waals surface area contributed by atoms with Gasteiger partial charge in [0.25, 0.3) is 0 Å². The van der Waals surface area contributed by atoms with Gasteiger partial charge in [-0.3, -0.25) is 4.90 Å². The predicted molar refractivity (Wildman–Crippen MR) is 75.9 cm³/mol. The van der Waals surface area contributed by atoms with Gasteiger partial charge in [0, 0.05) is 19.6 Å². The van der Waals surface area contributed by atoms with Gasteiger partial charge in [-0.15, -0.1) is 0 Å². The van der Waals surface area contributed by atoms with Crippen LogP contribution in [0.15, 0.2) is 48.5 Å². The molecule has 2 aromatic rings. The average molecular weight is 258 g/mol. The van der Waals surface area contributed by atoms with Gasteiger partial charge in [0.15, 0.2) is 0 Å². The van der Waals surface area contributed by atoms with E-state index >= 15 is 0 Å². The minimum Gasteiger partial charge on any atom is -0.326 e. The fourth-order valence-electron chi connectivity index (χ4n) is 2.17. The summed E-state index contributed by atoms with van der Waals surface area (Å²) in [5.74, 6) is -0.184. The standard InChI is InChI=1S/C16H19FN2/c1-19(12-15-6-3-7-16(17)9-15)11-14-5-2-4-13(8-14)10-18/h2-9H,10-12,18H2,1H3. The molecule has 0 aliphatic heterocycles. The lowest BCUT2D eigenvalue weighted by Crippen LogP contribution is -2.17. The highest BCUT2D eigenvalue weighted by molar-refractivity contribution is 5.23. The number of hydrogen-bond donors (Lipinski definition) is 1. The van der Waals surface area contributed by atoms with Crippen LogP contribution in [0, 0.1) is 5.82 Å². The molecule has 100 valence electrons. The molecule has 0 fully saturated rings. The maximum Gasteiger partial charge on any atom is 0.123 e. The number of rotatable bonds is 5. The zero-order chi connectivity index (χ0) is 13.7. The Morgan fingerprint density at radius 1 is 0.947 bits per heavy atom. The predicted octanol–water partition coefficient (Wildman–Crippen LogP) is 2.92. The van der Waals surface area contributed by atoms with Crippen LogP contribution in [0.2, 0.25) is 0 Å². The van der Waals surface area contributed by atoms with Gasteiger partial charge in [0.1, 0.15) is 5.82 Å². The summed E-state index contributed by atoms with van der Waals surface area (Å²) in [5, 5.41) is 0. The molecule has 0 atom stereocenters. The van der Waals surface area contributed by atoms with Gasteiger partial charge < -0.3 is 5.73 Å². The first-order chi connectivity index (χ1) is 9.17. The van der Waals surface area contributed by atoms with Crippen molar-refractivity contribution in [2.75, 3.05) is 7.05 Å². The Bertz CT molecular complexity index is 540. The van der Waals surface area contributed by atoms with E-state index in [1.54, 1.807) is 12.1 Å². The molecule has 0 aromatic heterocycles. The van der Waals surface area contributed by atoms with E-state index in [9.17, 15) is 4.39 Å². The Labute approximate surface area is 113 Å². The molecule has 0 unspecified atom stereocenters. The van der Waals surface area contributed by atoms with Crippen molar-refractivity contribution in [1.82, 2.24) is 4.90 Å². The van der Waals surface area contributed by atoms with Gasteiger partial charge in [-0.25, -0.2) is 4.39 Å². The van der Waals surface area contributed by atoms with E-state index in [4.69, 9.17) is 5.73 Å². The molecule has 3 heteroatoms. The van der Waals surface area contributed by atoms with Crippen LogP contribution in [0.4, 0.5) is 4.39 Å². The number of nitrogens with two attached hydrogens (primary N) is 1. The normalized spacial score (nSPS) is 10.9. The van der Waals surface area contributed by atoms with Gasteiger partial charge in [-0.1, -0.05) is 36.4 Å². The minimum atomic E-state index is -0.184.